The highest BCUT2D eigenvalue weighted by molar-refractivity contribution is 6.36. The molecule has 190 valence electrons. The molecular weight excluding hydrogens is 472 g/mol. The molecule has 4 heterocycles. The Morgan fingerprint density at radius 3 is 2.78 bits per heavy atom. The van der Waals surface area contributed by atoms with Crippen LogP contribution in [0.4, 0.5) is 11.5 Å². The van der Waals surface area contributed by atoms with E-state index in [1.54, 1.807) is 0 Å². The Morgan fingerprint density at radius 2 is 2.00 bits per heavy atom. The molecule has 8 heteroatoms. The number of rotatable bonds is 6. The number of halogens is 1. The lowest BCUT2D eigenvalue weighted by molar-refractivity contribution is 0.187. The topological polar surface area (TPSA) is 56.8 Å². The van der Waals surface area contributed by atoms with Crippen molar-refractivity contribution in [2.75, 3.05) is 56.7 Å². The maximum Gasteiger partial charge on any atom is 0.318 e. The summed E-state index contributed by atoms with van der Waals surface area (Å²) in [5.41, 5.74) is 3.47. The predicted molar refractivity (Wildman–Crippen MR) is 147 cm³/mol. The van der Waals surface area contributed by atoms with Gasteiger partial charge in [-0.15, -0.1) is 0 Å². The van der Waals surface area contributed by atoms with Gasteiger partial charge in [0.1, 0.15) is 12.4 Å². The number of hydrogen-bond donors (Lipinski definition) is 1. The first-order valence-electron chi connectivity index (χ1n) is 13.2. The van der Waals surface area contributed by atoms with Crippen molar-refractivity contribution in [1.29, 1.82) is 0 Å². The highest BCUT2D eigenvalue weighted by atomic mass is 35.5. The number of anilines is 2. The first-order valence-corrected chi connectivity index (χ1v) is 13.5. The fraction of sp³-hybridized carbons (Fsp3) is 0.500. The van der Waals surface area contributed by atoms with Crippen LogP contribution >= 0.6 is 11.6 Å². The van der Waals surface area contributed by atoms with Gasteiger partial charge in [0, 0.05) is 48.9 Å². The van der Waals surface area contributed by atoms with Gasteiger partial charge in [-0.1, -0.05) is 35.9 Å². The van der Waals surface area contributed by atoms with E-state index in [0.717, 1.165) is 78.4 Å². The van der Waals surface area contributed by atoms with Crippen molar-refractivity contribution in [2.24, 2.45) is 0 Å². The molecule has 0 saturated carbocycles. The van der Waals surface area contributed by atoms with E-state index in [1.807, 2.05) is 12.1 Å². The van der Waals surface area contributed by atoms with Crippen molar-refractivity contribution in [2.45, 2.75) is 44.3 Å². The molecule has 0 unspecified atom stereocenters. The minimum Gasteiger partial charge on any atom is -0.462 e. The average molecular weight is 507 g/mol. The number of ether oxygens (including phenoxy) is 1. The molecule has 2 atom stereocenters. The summed E-state index contributed by atoms with van der Waals surface area (Å²) in [6.45, 7) is 5.41. The van der Waals surface area contributed by atoms with Crippen LogP contribution in [0.25, 0.3) is 10.8 Å². The minimum atomic E-state index is 0.430. The number of fused-ring (bicyclic) bond motifs is 2. The normalized spacial score (nSPS) is 22.2. The van der Waals surface area contributed by atoms with Crippen molar-refractivity contribution in [3.8, 4) is 6.01 Å². The van der Waals surface area contributed by atoms with E-state index in [9.17, 15) is 0 Å². The summed E-state index contributed by atoms with van der Waals surface area (Å²) >= 11 is 6.67. The van der Waals surface area contributed by atoms with Gasteiger partial charge in [0.05, 0.1) is 17.3 Å². The smallest absolute Gasteiger partial charge is 0.318 e. The number of hydrogen-bond acceptors (Lipinski definition) is 7. The van der Waals surface area contributed by atoms with Crippen LogP contribution < -0.4 is 19.9 Å². The average Bonchev–Trinajstić information content (AvgIpc) is 3.58. The van der Waals surface area contributed by atoms with Crippen LogP contribution in [0.5, 0.6) is 6.01 Å². The van der Waals surface area contributed by atoms with Gasteiger partial charge in [-0.3, -0.25) is 0 Å². The van der Waals surface area contributed by atoms with E-state index in [4.69, 9.17) is 26.3 Å². The summed E-state index contributed by atoms with van der Waals surface area (Å²) < 4.78 is 6.26. The molecule has 0 bridgehead atoms. The van der Waals surface area contributed by atoms with Crippen LogP contribution in [0.15, 0.2) is 36.4 Å². The summed E-state index contributed by atoms with van der Waals surface area (Å²) in [6.07, 6.45) is 4.40. The molecule has 36 heavy (non-hydrogen) atoms. The summed E-state index contributed by atoms with van der Waals surface area (Å²) in [6, 6.07) is 13.9. The highest BCUT2D eigenvalue weighted by Crippen LogP contribution is 2.37. The second kappa shape index (κ2) is 10.0. The van der Waals surface area contributed by atoms with Gasteiger partial charge in [0.25, 0.3) is 0 Å². The first-order chi connectivity index (χ1) is 17.6. The maximum atomic E-state index is 6.67. The van der Waals surface area contributed by atoms with Gasteiger partial charge in [0.15, 0.2) is 0 Å². The quantitative estimate of drug-likeness (QED) is 0.539. The number of nitrogens with zero attached hydrogens (tertiary/aromatic N) is 5. The second-order valence-electron chi connectivity index (χ2n) is 10.4. The van der Waals surface area contributed by atoms with E-state index >= 15 is 0 Å². The SMILES string of the molecule is CN1CCC[C@H]1COc1nc2c(c(N(C)[C@H]3CCNC3)n1)CCN(c1cccc3cccc(Cl)c13)C2. The Labute approximate surface area is 218 Å². The molecule has 3 aliphatic rings. The van der Waals surface area contributed by atoms with Gasteiger partial charge >= 0.3 is 6.01 Å². The molecule has 0 aliphatic carbocycles. The first kappa shape index (κ1) is 23.8. The molecule has 3 aliphatic heterocycles. The third-order valence-corrected chi connectivity index (χ3v) is 8.50. The van der Waals surface area contributed by atoms with Crippen LogP contribution in [-0.4, -0.2) is 73.8 Å². The van der Waals surface area contributed by atoms with Crippen molar-refractivity contribution in [1.82, 2.24) is 20.2 Å². The third-order valence-electron chi connectivity index (χ3n) is 8.19. The van der Waals surface area contributed by atoms with Crippen molar-refractivity contribution in [3.63, 3.8) is 0 Å². The zero-order valence-corrected chi connectivity index (χ0v) is 22.0. The maximum absolute atomic E-state index is 6.67. The van der Waals surface area contributed by atoms with Gasteiger partial charge in [0.2, 0.25) is 0 Å². The fourth-order valence-corrected chi connectivity index (χ4v) is 6.27. The van der Waals surface area contributed by atoms with Crippen molar-refractivity contribution >= 4 is 33.9 Å². The monoisotopic (exact) mass is 506 g/mol. The largest absolute Gasteiger partial charge is 0.462 e. The van der Waals surface area contributed by atoms with Gasteiger partial charge < -0.3 is 24.8 Å². The van der Waals surface area contributed by atoms with Crippen LogP contribution in [-0.2, 0) is 13.0 Å². The summed E-state index contributed by atoms with van der Waals surface area (Å²) in [7, 11) is 4.35. The fourth-order valence-electron chi connectivity index (χ4n) is 5.99. The summed E-state index contributed by atoms with van der Waals surface area (Å²) in [5, 5.41) is 6.55. The molecule has 1 N–H and O–H groups in total. The Kier molecular flexibility index (Phi) is 6.63. The zero-order chi connectivity index (χ0) is 24.6. The Hall–Kier alpha value is -2.61. The molecule has 6 rings (SSSR count). The molecule has 2 saturated heterocycles. The number of likely N-dealkylation sites (tertiary alicyclic amines) is 1. The van der Waals surface area contributed by atoms with E-state index in [0.29, 0.717) is 31.2 Å². The van der Waals surface area contributed by atoms with Crippen LogP contribution in [0, 0.1) is 0 Å². The molecule has 0 radical (unpaired) electrons. The Balaban J connectivity index is 1.34. The van der Waals surface area contributed by atoms with E-state index in [1.165, 1.54) is 12.0 Å². The molecule has 7 nitrogen and oxygen atoms in total. The lowest BCUT2D eigenvalue weighted by atomic mass is 10.0. The van der Waals surface area contributed by atoms with E-state index in [2.05, 4.69) is 58.4 Å². The molecule has 3 aromatic rings. The highest BCUT2D eigenvalue weighted by Gasteiger charge is 2.30. The van der Waals surface area contributed by atoms with Gasteiger partial charge in [-0.25, -0.2) is 0 Å². The van der Waals surface area contributed by atoms with Gasteiger partial charge in [-0.05, 0) is 63.3 Å². The summed E-state index contributed by atoms with van der Waals surface area (Å²) in [4.78, 5) is 17.1. The lowest BCUT2D eigenvalue weighted by Crippen LogP contribution is -2.38. The van der Waals surface area contributed by atoms with Gasteiger partial charge in [-0.2, -0.15) is 9.97 Å². The summed E-state index contributed by atoms with van der Waals surface area (Å²) in [5.74, 6) is 1.03. The van der Waals surface area contributed by atoms with Crippen molar-refractivity contribution < 1.29 is 4.74 Å². The minimum absolute atomic E-state index is 0.430. The molecule has 0 amide bonds. The standard InChI is InChI=1S/C28H35ClN6O/c1-33-14-5-8-21(33)18-36-28-31-24-17-35(25-10-4-7-19-6-3-9-23(29)26(19)25)15-12-22(24)27(32-28)34(2)20-11-13-30-16-20/h3-4,6-7,9-10,20-21,30H,5,8,11-18H2,1-2H3/t20-,21-/m0/s1. The predicted octanol–water partition coefficient (Wildman–Crippen LogP) is 4.12. The number of nitrogens with one attached hydrogen (secondary N) is 1. The Morgan fingerprint density at radius 1 is 1.14 bits per heavy atom. The van der Waals surface area contributed by atoms with Crippen LogP contribution in [0.3, 0.4) is 0 Å². The Bertz CT molecular complexity index is 1240. The van der Waals surface area contributed by atoms with Crippen molar-refractivity contribution in [3.05, 3.63) is 52.7 Å². The molecule has 2 fully saturated rings. The molecular formula is C28H35ClN6O. The molecule has 0 spiro atoms. The number of aromatic nitrogens is 2. The molecule has 2 aromatic carbocycles. The van der Waals surface area contributed by atoms with E-state index in [-0.39, 0.29) is 0 Å². The number of likely N-dealkylation sites (N-methyl/N-ethyl adjacent to an activating group) is 2. The zero-order valence-electron chi connectivity index (χ0n) is 21.2. The second-order valence-corrected chi connectivity index (χ2v) is 10.8. The number of benzene rings is 2. The molecule has 1 aromatic heterocycles. The van der Waals surface area contributed by atoms with E-state index < -0.39 is 0 Å². The third kappa shape index (κ3) is 4.49. The van der Waals surface area contributed by atoms with Crippen LogP contribution in [0.1, 0.15) is 30.5 Å². The lowest BCUT2D eigenvalue weighted by Gasteiger charge is -2.34. The van der Waals surface area contributed by atoms with Crippen LogP contribution in [0.2, 0.25) is 5.02 Å².